The van der Waals surface area contributed by atoms with E-state index in [-0.39, 0.29) is 5.91 Å². The van der Waals surface area contributed by atoms with Gasteiger partial charge in [-0.25, -0.2) is 4.98 Å². The van der Waals surface area contributed by atoms with Crippen LogP contribution >= 0.6 is 0 Å². The molecule has 0 atom stereocenters. The Morgan fingerprint density at radius 3 is 3.00 bits per heavy atom. The summed E-state index contributed by atoms with van der Waals surface area (Å²) in [6, 6.07) is 0. The van der Waals surface area contributed by atoms with Gasteiger partial charge >= 0.3 is 0 Å². The molecule has 1 heterocycles. The zero-order valence-electron chi connectivity index (χ0n) is 8.45. The third kappa shape index (κ3) is 3.53. The van der Waals surface area contributed by atoms with E-state index < -0.39 is 0 Å². The number of likely N-dealkylation sites (N-methyl/N-ethyl adjacent to an activating group) is 1. The number of hydrogen-bond acceptors (Lipinski definition) is 4. The van der Waals surface area contributed by atoms with E-state index in [0.29, 0.717) is 19.5 Å². The molecule has 0 aliphatic heterocycles. The van der Waals surface area contributed by atoms with E-state index in [2.05, 4.69) is 20.7 Å². The molecule has 0 bridgehead atoms. The fraction of sp³-hybridized carbons (Fsp3) is 0.625. The smallest absolute Gasteiger partial charge is 0.233 e. The zero-order valence-corrected chi connectivity index (χ0v) is 8.45. The van der Waals surface area contributed by atoms with Gasteiger partial charge < -0.3 is 10.6 Å². The van der Waals surface area contributed by atoms with E-state index in [1.165, 1.54) is 0 Å². The summed E-state index contributed by atoms with van der Waals surface area (Å²) in [6.45, 7) is 0.917. The van der Waals surface area contributed by atoms with Crippen LogP contribution in [0.25, 0.3) is 0 Å². The maximum absolute atomic E-state index is 11.0. The van der Waals surface area contributed by atoms with E-state index >= 15 is 0 Å². The number of aryl methyl sites for hydroxylation is 1. The van der Waals surface area contributed by atoms with Crippen molar-refractivity contribution in [2.24, 2.45) is 7.05 Å². The molecule has 0 aromatic carbocycles. The van der Waals surface area contributed by atoms with E-state index in [1.807, 2.05) is 7.05 Å². The molecule has 0 saturated heterocycles. The molecule has 1 aromatic rings. The van der Waals surface area contributed by atoms with Crippen molar-refractivity contribution in [1.82, 2.24) is 25.4 Å². The summed E-state index contributed by atoms with van der Waals surface area (Å²) in [5.74, 6) is 0.737. The molecule has 0 aliphatic carbocycles. The average molecular weight is 197 g/mol. The molecule has 78 valence electrons. The Bertz CT molecular complexity index is 296. The molecule has 1 amide bonds. The molecule has 0 radical (unpaired) electrons. The Labute approximate surface area is 82.7 Å². The number of carbonyl (C=O) groups excluding carboxylic acids is 1. The maximum atomic E-state index is 11.0. The van der Waals surface area contributed by atoms with E-state index in [9.17, 15) is 4.79 Å². The van der Waals surface area contributed by atoms with Gasteiger partial charge in [0, 0.05) is 20.0 Å². The minimum absolute atomic E-state index is 0.0107. The molecule has 0 fully saturated rings. The normalized spacial score (nSPS) is 10.1. The lowest BCUT2D eigenvalue weighted by Crippen LogP contribution is -2.33. The predicted octanol–water partition coefficient (Wildman–Crippen LogP) is -1.31. The van der Waals surface area contributed by atoms with Crippen molar-refractivity contribution in [3.63, 3.8) is 0 Å². The highest BCUT2D eigenvalue weighted by molar-refractivity contribution is 5.77. The molecular formula is C8H15N5O. The van der Waals surface area contributed by atoms with Crippen LogP contribution in [-0.2, 0) is 18.3 Å². The maximum Gasteiger partial charge on any atom is 0.233 e. The zero-order chi connectivity index (χ0) is 10.4. The van der Waals surface area contributed by atoms with E-state index in [0.717, 1.165) is 5.82 Å². The topological polar surface area (TPSA) is 71.8 Å². The molecule has 0 saturated carbocycles. The molecule has 0 spiro atoms. The van der Waals surface area contributed by atoms with Crippen LogP contribution < -0.4 is 10.6 Å². The minimum Gasteiger partial charge on any atom is -0.355 e. The number of rotatable bonds is 5. The van der Waals surface area contributed by atoms with Crippen LogP contribution in [0.15, 0.2) is 6.33 Å². The Hall–Kier alpha value is -1.43. The summed E-state index contributed by atoms with van der Waals surface area (Å²) in [4.78, 5) is 15.1. The summed E-state index contributed by atoms with van der Waals surface area (Å²) in [5.41, 5.74) is 0. The Morgan fingerprint density at radius 2 is 2.43 bits per heavy atom. The summed E-state index contributed by atoms with van der Waals surface area (Å²) in [6.07, 6.45) is 2.31. The molecule has 6 heteroatoms. The number of aromatic nitrogens is 3. The van der Waals surface area contributed by atoms with Gasteiger partial charge in [-0.3, -0.25) is 9.48 Å². The average Bonchev–Trinajstić information content (AvgIpc) is 2.52. The highest BCUT2D eigenvalue weighted by Gasteiger charge is 2.00. The number of nitrogens with zero attached hydrogens (tertiary/aromatic N) is 3. The van der Waals surface area contributed by atoms with Crippen LogP contribution in [0.2, 0.25) is 0 Å². The summed E-state index contributed by atoms with van der Waals surface area (Å²) in [7, 11) is 3.55. The number of amides is 1. The van der Waals surface area contributed by atoms with Crippen molar-refractivity contribution < 1.29 is 4.79 Å². The molecule has 1 rings (SSSR count). The van der Waals surface area contributed by atoms with Crippen LogP contribution in [0.1, 0.15) is 5.82 Å². The molecule has 0 aliphatic rings. The first-order valence-corrected chi connectivity index (χ1v) is 4.48. The quantitative estimate of drug-likeness (QED) is 0.615. The third-order valence-electron chi connectivity index (χ3n) is 1.66. The van der Waals surface area contributed by atoms with Gasteiger partial charge in [0.15, 0.2) is 5.82 Å². The third-order valence-corrected chi connectivity index (χ3v) is 1.66. The Morgan fingerprint density at radius 1 is 1.64 bits per heavy atom. The van der Waals surface area contributed by atoms with Crippen LogP contribution in [0.3, 0.4) is 0 Å². The van der Waals surface area contributed by atoms with Gasteiger partial charge in [0.1, 0.15) is 6.33 Å². The summed E-state index contributed by atoms with van der Waals surface area (Å²) in [5, 5.41) is 9.62. The standard InChI is InChI=1S/C8H15N5O/c1-9-5-8(14)10-4-3-7-11-6-13(2)12-7/h6,9H,3-5H2,1-2H3,(H,10,14). The van der Waals surface area contributed by atoms with Gasteiger partial charge in [-0.05, 0) is 7.05 Å². The van der Waals surface area contributed by atoms with Crippen LogP contribution in [0, 0.1) is 0 Å². The van der Waals surface area contributed by atoms with Gasteiger partial charge in [-0.2, -0.15) is 5.10 Å². The molecule has 2 N–H and O–H groups in total. The van der Waals surface area contributed by atoms with Crippen molar-refractivity contribution in [2.75, 3.05) is 20.1 Å². The van der Waals surface area contributed by atoms with Crippen molar-refractivity contribution in [3.05, 3.63) is 12.2 Å². The highest BCUT2D eigenvalue weighted by Crippen LogP contribution is 1.87. The van der Waals surface area contributed by atoms with Crippen LogP contribution in [0.5, 0.6) is 0 Å². The van der Waals surface area contributed by atoms with Gasteiger partial charge in [0.25, 0.3) is 0 Å². The van der Waals surface area contributed by atoms with Crippen molar-refractivity contribution in [1.29, 1.82) is 0 Å². The fourth-order valence-corrected chi connectivity index (χ4v) is 1.04. The van der Waals surface area contributed by atoms with Gasteiger partial charge in [-0.15, -0.1) is 0 Å². The monoisotopic (exact) mass is 197 g/mol. The number of carbonyl (C=O) groups is 1. The fourth-order valence-electron chi connectivity index (χ4n) is 1.04. The first-order valence-electron chi connectivity index (χ1n) is 4.48. The molecular weight excluding hydrogens is 182 g/mol. The van der Waals surface area contributed by atoms with Gasteiger partial charge in [-0.1, -0.05) is 0 Å². The second kappa shape index (κ2) is 5.33. The highest BCUT2D eigenvalue weighted by atomic mass is 16.1. The first kappa shape index (κ1) is 10.6. The Balaban J connectivity index is 2.18. The van der Waals surface area contributed by atoms with Crippen molar-refractivity contribution >= 4 is 5.91 Å². The predicted molar refractivity (Wildman–Crippen MR) is 51.6 cm³/mol. The lowest BCUT2D eigenvalue weighted by atomic mass is 10.4. The molecule has 0 unspecified atom stereocenters. The largest absolute Gasteiger partial charge is 0.355 e. The van der Waals surface area contributed by atoms with Crippen LogP contribution in [0.4, 0.5) is 0 Å². The lowest BCUT2D eigenvalue weighted by Gasteiger charge is -2.01. The number of hydrogen-bond donors (Lipinski definition) is 2. The Kier molecular flexibility index (Phi) is 4.06. The summed E-state index contributed by atoms with van der Waals surface area (Å²) < 4.78 is 1.64. The van der Waals surface area contributed by atoms with Crippen molar-refractivity contribution in [3.8, 4) is 0 Å². The van der Waals surface area contributed by atoms with E-state index in [1.54, 1.807) is 18.1 Å². The lowest BCUT2D eigenvalue weighted by molar-refractivity contribution is -0.120. The SMILES string of the molecule is CNCC(=O)NCCc1ncn(C)n1. The molecule has 6 nitrogen and oxygen atoms in total. The summed E-state index contributed by atoms with van der Waals surface area (Å²) >= 11 is 0. The van der Waals surface area contributed by atoms with Crippen molar-refractivity contribution in [2.45, 2.75) is 6.42 Å². The number of nitrogens with one attached hydrogen (secondary N) is 2. The van der Waals surface area contributed by atoms with Gasteiger partial charge in [0.2, 0.25) is 5.91 Å². The molecule has 14 heavy (non-hydrogen) atoms. The molecule has 1 aromatic heterocycles. The second-order valence-corrected chi connectivity index (χ2v) is 2.96. The minimum atomic E-state index is -0.0107. The second-order valence-electron chi connectivity index (χ2n) is 2.96. The first-order chi connectivity index (χ1) is 6.72. The van der Waals surface area contributed by atoms with Gasteiger partial charge in [0.05, 0.1) is 6.54 Å². The van der Waals surface area contributed by atoms with E-state index in [4.69, 9.17) is 0 Å². The van der Waals surface area contributed by atoms with Crippen LogP contribution in [-0.4, -0.2) is 40.8 Å².